The van der Waals surface area contributed by atoms with Crippen molar-refractivity contribution in [1.82, 2.24) is 15.3 Å². The number of pyridine rings is 2. The highest BCUT2D eigenvalue weighted by molar-refractivity contribution is 5.73. The van der Waals surface area contributed by atoms with Gasteiger partial charge in [-0.15, -0.1) is 0 Å². The second kappa shape index (κ2) is 11.1. The summed E-state index contributed by atoms with van der Waals surface area (Å²) in [5.41, 5.74) is 2.71. The zero-order valence-electron chi connectivity index (χ0n) is 18.5. The van der Waals surface area contributed by atoms with E-state index in [9.17, 15) is 13.2 Å². The van der Waals surface area contributed by atoms with E-state index in [-0.39, 0.29) is 11.0 Å². The third kappa shape index (κ3) is 6.98. The molecule has 1 aliphatic carbocycles. The summed E-state index contributed by atoms with van der Waals surface area (Å²) in [6, 6.07) is 10.5. The number of halogens is 3. The van der Waals surface area contributed by atoms with Crippen molar-refractivity contribution in [1.29, 1.82) is 0 Å². The van der Waals surface area contributed by atoms with Crippen LogP contribution in [0.3, 0.4) is 0 Å². The van der Waals surface area contributed by atoms with Crippen LogP contribution in [0.15, 0.2) is 48.9 Å². The van der Waals surface area contributed by atoms with Crippen LogP contribution < -0.4 is 5.32 Å². The molecule has 1 spiro atoms. The minimum Gasteiger partial charge on any atom is -0.475 e. The highest BCUT2D eigenvalue weighted by atomic mass is 19.4. The van der Waals surface area contributed by atoms with E-state index < -0.39 is 12.1 Å². The van der Waals surface area contributed by atoms with Crippen LogP contribution in [0.1, 0.15) is 56.2 Å². The lowest BCUT2D eigenvalue weighted by Crippen LogP contribution is -2.47. The van der Waals surface area contributed by atoms with Gasteiger partial charge >= 0.3 is 12.1 Å². The molecule has 2 fully saturated rings. The largest absolute Gasteiger partial charge is 0.490 e. The summed E-state index contributed by atoms with van der Waals surface area (Å²) in [5, 5.41) is 10.7. The monoisotopic (exact) mass is 465 g/mol. The topological polar surface area (TPSA) is 84.3 Å². The van der Waals surface area contributed by atoms with E-state index in [2.05, 4.69) is 28.5 Å². The number of ether oxygens (including phenoxy) is 1. The normalized spacial score (nSPS) is 21.9. The third-order valence-corrected chi connectivity index (χ3v) is 6.45. The zero-order chi connectivity index (χ0) is 23.8. The molecule has 0 unspecified atom stereocenters. The predicted molar refractivity (Wildman–Crippen MR) is 117 cm³/mol. The Labute approximate surface area is 191 Å². The number of aliphatic carboxylic acids is 1. The predicted octanol–water partition coefficient (Wildman–Crippen LogP) is 4.65. The van der Waals surface area contributed by atoms with Gasteiger partial charge in [0.1, 0.15) is 0 Å². The van der Waals surface area contributed by atoms with Crippen LogP contribution in [-0.2, 0) is 21.5 Å². The SMILES string of the molecule is O=C(O)C(F)(F)F.c1ccc([C@]2(CCNCc3cccnc3)CCOC3(CCCC3)C2)nc1. The van der Waals surface area contributed by atoms with Crippen LogP contribution in [0.25, 0.3) is 0 Å². The number of carbonyl (C=O) groups is 1. The molecule has 0 aromatic carbocycles. The molecule has 3 heterocycles. The number of alkyl halides is 3. The van der Waals surface area contributed by atoms with Crippen LogP contribution in [0.5, 0.6) is 0 Å². The van der Waals surface area contributed by atoms with Crippen LogP contribution in [-0.4, -0.2) is 46.0 Å². The lowest BCUT2D eigenvalue weighted by molar-refractivity contribution is -0.192. The van der Waals surface area contributed by atoms with E-state index in [1.54, 1.807) is 0 Å². The molecule has 0 bridgehead atoms. The molecule has 2 aliphatic rings. The Morgan fingerprint density at radius 3 is 2.48 bits per heavy atom. The van der Waals surface area contributed by atoms with E-state index in [1.165, 1.54) is 36.9 Å². The van der Waals surface area contributed by atoms with E-state index >= 15 is 0 Å². The van der Waals surface area contributed by atoms with Crippen molar-refractivity contribution >= 4 is 5.97 Å². The average molecular weight is 466 g/mol. The van der Waals surface area contributed by atoms with Crippen molar-refractivity contribution in [3.63, 3.8) is 0 Å². The quantitative estimate of drug-likeness (QED) is 0.604. The summed E-state index contributed by atoms with van der Waals surface area (Å²) in [4.78, 5) is 17.9. The maximum absolute atomic E-state index is 10.6. The fraction of sp³-hybridized carbons (Fsp3) is 0.542. The van der Waals surface area contributed by atoms with Gasteiger partial charge in [-0.1, -0.05) is 25.0 Å². The van der Waals surface area contributed by atoms with E-state index in [0.717, 1.165) is 39.0 Å². The van der Waals surface area contributed by atoms with Gasteiger partial charge in [0.05, 0.1) is 5.60 Å². The van der Waals surface area contributed by atoms with Gasteiger partial charge in [-0.2, -0.15) is 13.2 Å². The molecule has 180 valence electrons. The Hall–Kier alpha value is -2.52. The highest BCUT2D eigenvalue weighted by Crippen LogP contribution is 2.49. The number of nitrogens with zero attached hydrogens (tertiary/aromatic N) is 2. The van der Waals surface area contributed by atoms with Gasteiger partial charge in [0.2, 0.25) is 0 Å². The third-order valence-electron chi connectivity index (χ3n) is 6.45. The average Bonchev–Trinajstić information content (AvgIpc) is 3.25. The van der Waals surface area contributed by atoms with Crippen molar-refractivity contribution in [3.05, 3.63) is 60.2 Å². The summed E-state index contributed by atoms with van der Waals surface area (Å²) in [5.74, 6) is -2.76. The summed E-state index contributed by atoms with van der Waals surface area (Å²) in [6.45, 7) is 2.72. The molecule has 1 saturated carbocycles. The Morgan fingerprint density at radius 2 is 1.88 bits per heavy atom. The lowest BCUT2D eigenvalue weighted by Gasteiger charge is -2.46. The molecule has 1 saturated heterocycles. The maximum atomic E-state index is 10.6. The second-order valence-corrected chi connectivity index (χ2v) is 8.75. The maximum Gasteiger partial charge on any atom is 0.490 e. The fourth-order valence-corrected chi connectivity index (χ4v) is 4.86. The number of rotatable bonds is 6. The van der Waals surface area contributed by atoms with Gasteiger partial charge in [0.15, 0.2) is 0 Å². The smallest absolute Gasteiger partial charge is 0.475 e. The van der Waals surface area contributed by atoms with Crippen LogP contribution in [0.2, 0.25) is 0 Å². The summed E-state index contributed by atoms with van der Waals surface area (Å²) in [6.07, 6.45) is 8.94. The minimum absolute atomic E-state index is 0.0964. The molecule has 33 heavy (non-hydrogen) atoms. The first-order valence-electron chi connectivity index (χ1n) is 11.2. The second-order valence-electron chi connectivity index (χ2n) is 8.75. The Kier molecular flexibility index (Phi) is 8.42. The zero-order valence-corrected chi connectivity index (χ0v) is 18.5. The Bertz CT molecular complexity index is 875. The molecule has 0 radical (unpaired) electrons. The summed E-state index contributed by atoms with van der Waals surface area (Å²) >= 11 is 0. The van der Waals surface area contributed by atoms with Gasteiger partial charge in [-0.3, -0.25) is 9.97 Å². The molecule has 2 aromatic rings. The summed E-state index contributed by atoms with van der Waals surface area (Å²) < 4.78 is 38.1. The number of aromatic nitrogens is 2. The number of nitrogens with one attached hydrogen (secondary N) is 1. The first-order valence-corrected chi connectivity index (χ1v) is 11.2. The van der Waals surface area contributed by atoms with Crippen molar-refractivity contribution in [3.8, 4) is 0 Å². The van der Waals surface area contributed by atoms with Gasteiger partial charge in [0, 0.05) is 42.9 Å². The molecule has 1 atom stereocenters. The molecule has 9 heteroatoms. The van der Waals surface area contributed by atoms with Crippen molar-refractivity contribution < 1.29 is 27.8 Å². The van der Waals surface area contributed by atoms with Gasteiger partial charge in [-0.25, -0.2) is 4.79 Å². The van der Waals surface area contributed by atoms with Crippen molar-refractivity contribution in [2.75, 3.05) is 13.2 Å². The first kappa shape index (κ1) is 25.1. The molecule has 0 amide bonds. The lowest BCUT2D eigenvalue weighted by atomic mass is 9.68. The van der Waals surface area contributed by atoms with Crippen LogP contribution in [0.4, 0.5) is 13.2 Å². The molecular formula is C24H30F3N3O3. The van der Waals surface area contributed by atoms with Crippen molar-refractivity contribution in [2.45, 2.75) is 68.7 Å². The van der Waals surface area contributed by atoms with Crippen LogP contribution in [0, 0.1) is 0 Å². The van der Waals surface area contributed by atoms with Gasteiger partial charge in [-0.05, 0) is 62.4 Å². The van der Waals surface area contributed by atoms with E-state index in [4.69, 9.17) is 19.6 Å². The Morgan fingerprint density at radius 1 is 1.12 bits per heavy atom. The molecule has 1 aliphatic heterocycles. The molecule has 4 rings (SSSR count). The van der Waals surface area contributed by atoms with Crippen molar-refractivity contribution in [2.24, 2.45) is 0 Å². The molecule has 6 nitrogen and oxygen atoms in total. The van der Waals surface area contributed by atoms with Gasteiger partial charge < -0.3 is 15.2 Å². The molecule has 2 N–H and O–H groups in total. The molecule has 2 aromatic heterocycles. The number of hydrogen-bond donors (Lipinski definition) is 2. The highest BCUT2D eigenvalue weighted by Gasteiger charge is 2.48. The van der Waals surface area contributed by atoms with Gasteiger partial charge in [0.25, 0.3) is 0 Å². The van der Waals surface area contributed by atoms with Crippen LogP contribution >= 0.6 is 0 Å². The number of hydrogen-bond acceptors (Lipinski definition) is 5. The van der Waals surface area contributed by atoms with E-state index in [0.29, 0.717) is 0 Å². The first-order chi connectivity index (χ1) is 15.7. The standard InChI is InChI=1S/C22H29N3O.C2HF3O2/c1-4-13-25-20(7-1)21(10-14-24-17-19-6-5-12-23-16-19)11-15-26-22(18-21)8-2-3-9-22;3-2(4,5)1(6)7/h1,4-7,12-13,16,24H,2-3,8-11,14-15,17-18H2;(H,6,7)/t21-;/m1./s1. The Balaban J connectivity index is 0.000000383. The number of carboxylic acids is 1. The number of carboxylic acid groups (broad SMARTS) is 1. The van der Waals surface area contributed by atoms with E-state index in [1.807, 2.05) is 30.7 Å². The fourth-order valence-electron chi connectivity index (χ4n) is 4.86. The minimum atomic E-state index is -5.08. The molecular weight excluding hydrogens is 435 g/mol. The summed E-state index contributed by atoms with van der Waals surface area (Å²) in [7, 11) is 0.